The van der Waals surface area contributed by atoms with E-state index in [1.54, 1.807) is 18.3 Å². The molecule has 0 radical (unpaired) electrons. The first-order chi connectivity index (χ1) is 13.7. The largest absolute Gasteiger partial charge is 0.385 e. The molecule has 0 unspecified atom stereocenters. The van der Waals surface area contributed by atoms with Gasteiger partial charge in [0.05, 0.1) is 11.9 Å². The number of hydrogen-bond acceptors (Lipinski definition) is 5. The van der Waals surface area contributed by atoms with Crippen molar-refractivity contribution in [2.45, 2.75) is 12.8 Å². The second-order valence-corrected chi connectivity index (χ2v) is 6.70. The van der Waals surface area contributed by atoms with Crippen LogP contribution < -0.4 is 16.3 Å². The van der Waals surface area contributed by atoms with Crippen LogP contribution in [0.15, 0.2) is 53.5 Å². The lowest BCUT2D eigenvalue weighted by Gasteiger charge is -2.18. The monoisotopic (exact) mass is 376 g/mol. The predicted octanol–water partition coefficient (Wildman–Crippen LogP) is 3.35. The second-order valence-electron chi connectivity index (χ2n) is 6.70. The Morgan fingerprint density at radius 2 is 2.11 bits per heavy atom. The number of hydrogen-bond donors (Lipinski definition) is 3. The Morgan fingerprint density at radius 3 is 3.00 bits per heavy atom. The third-order valence-corrected chi connectivity index (χ3v) is 4.79. The van der Waals surface area contributed by atoms with Crippen LogP contribution in [-0.4, -0.2) is 26.1 Å². The highest BCUT2D eigenvalue weighted by molar-refractivity contribution is 5.74. The topological polar surface area (TPSA) is 87.6 Å². The molecule has 7 nitrogen and oxygen atoms in total. The number of imidazole rings is 1. The molecule has 1 aliphatic rings. The van der Waals surface area contributed by atoms with Gasteiger partial charge in [-0.25, -0.2) is 18.7 Å². The van der Waals surface area contributed by atoms with Crippen LogP contribution in [0.4, 0.5) is 21.7 Å². The fourth-order valence-electron chi connectivity index (χ4n) is 3.49. The van der Waals surface area contributed by atoms with Gasteiger partial charge in [0, 0.05) is 17.9 Å². The SMILES string of the molecule is O=c1[nH]c2cnc(Nc3cccc(F)c3)nc2n1-c1ccc2c(c1)CCCN2. The van der Waals surface area contributed by atoms with Gasteiger partial charge in [-0.3, -0.25) is 0 Å². The van der Waals surface area contributed by atoms with Gasteiger partial charge in [0.15, 0.2) is 5.65 Å². The first-order valence-electron chi connectivity index (χ1n) is 9.05. The van der Waals surface area contributed by atoms with Crippen molar-refractivity contribution in [3.8, 4) is 5.69 Å². The number of anilines is 3. The molecule has 0 fully saturated rings. The third kappa shape index (κ3) is 2.88. The smallest absolute Gasteiger partial charge is 0.332 e. The van der Waals surface area contributed by atoms with Crippen molar-refractivity contribution in [1.29, 1.82) is 0 Å². The lowest BCUT2D eigenvalue weighted by molar-refractivity contribution is 0.628. The maximum Gasteiger partial charge on any atom is 0.332 e. The van der Waals surface area contributed by atoms with Crippen molar-refractivity contribution in [3.05, 3.63) is 70.5 Å². The predicted molar refractivity (Wildman–Crippen MR) is 106 cm³/mol. The van der Waals surface area contributed by atoms with Crippen LogP contribution in [0.1, 0.15) is 12.0 Å². The Hall–Kier alpha value is -3.68. The number of nitrogens with zero attached hydrogens (tertiary/aromatic N) is 3. The number of nitrogens with one attached hydrogen (secondary N) is 3. The fourth-order valence-corrected chi connectivity index (χ4v) is 3.49. The van der Waals surface area contributed by atoms with E-state index in [-0.39, 0.29) is 17.5 Å². The third-order valence-electron chi connectivity index (χ3n) is 4.79. The summed E-state index contributed by atoms with van der Waals surface area (Å²) in [5.74, 6) is -0.0715. The lowest BCUT2D eigenvalue weighted by atomic mass is 10.0. The van der Waals surface area contributed by atoms with Gasteiger partial charge >= 0.3 is 5.69 Å². The first-order valence-corrected chi connectivity index (χ1v) is 9.05. The molecule has 0 saturated heterocycles. The van der Waals surface area contributed by atoms with E-state index in [2.05, 4.69) is 25.6 Å². The number of halogens is 1. The van der Waals surface area contributed by atoms with Crippen molar-refractivity contribution in [3.63, 3.8) is 0 Å². The number of aromatic nitrogens is 4. The zero-order valence-corrected chi connectivity index (χ0v) is 14.9. The summed E-state index contributed by atoms with van der Waals surface area (Å²) in [6, 6.07) is 11.9. The summed E-state index contributed by atoms with van der Waals surface area (Å²) in [5.41, 5.74) is 4.27. The number of rotatable bonds is 3. The van der Waals surface area contributed by atoms with E-state index in [0.717, 1.165) is 30.8 Å². The second kappa shape index (κ2) is 6.49. The maximum absolute atomic E-state index is 13.4. The Kier molecular flexibility index (Phi) is 3.82. The molecule has 3 N–H and O–H groups in total. The molecule has 140 valence electrons. The van der Waals surface area contributed by atoms with Crippen molar-refractivity contribution in [2.75, 3.05) is 17.2 Å². The highest BCUT2D eigenvalue weighted by Gasteiger charge is 2.15. The molecular weight excluding hydrogens is 359 g/mol. The molecule has 2 aromatic carbocycles. The number of benzene rings is 2. The number of aromatic amines is 1. The quantitative estimate of drug-likeness (QED) is 0.510. The summed E-state index contributed by atoms with van der Waals surface area (Å²) in [6.45, 7) is 0.960. The van der Waals surface area contributed by atoms with E-state index in [4.69, 9.17) is 0 Å². The summed E-state index contributed by atoms with van der Waals surface area (Å²) in [4.78, 5) is 24.1. The van der Waals surface area contributed by atoms with Crippen molar-refractivity contribution in [1.82, 2.24) is 19.5 Å². The van der Waals surface area contributed by atoms with Crippen LogP contribution in [-0.2, 0) is 6.42 Å². The van der Waals surface area contributed by atoms with Gasteiger partial charge in [0.1, 0.15) is 11.3 Å². The summed E-state index contributed by atoms with van der Waals surface area (Å²) >= 11 is 0. The highest BCUT2D eigenvalue weighted by atomic mass is 19.1. The number of H-pyrrole nitrogens is 1. The van der Waals surface area contributed by atoms with Crippen molar-refractivity contribution >= 4 is 28.5 Å². The van der Waals surface area contributed by atoms with Crippen LogP contribution in [0.25, 0.3) is 16.9 Å². The molecule has 1 aliphatic heterocycles. The van der Waals surface area contributed by atoms with Gasteiger partial charge in [0.25, 0.3) is 0 Å². The van der Waals surface area contributed by atoms with Gasteiger partial charge in [-0.2, -0.15) is 4.98 Å². The summed E-state index contributed by atoms with van der Waals surface area (Å²) in [6.07, 6.45) is 3.57. The van der Waals surface area contributed by atoms with Crippen LogP contribution in [0.5, 0.6) is 0 Å². The summed E-state index contributed by atoms with van der Waals surface area (Å²) in [5, 5.41) is 6.34. The molecule has 0 spiro atoms. The molecule has 0 bridgehead atoms. The van der Waals surface area contributed by atoms with Crippen LogP contribution in [0.3, 0.4) is 0 Å². The highest BCUT2D eigenvalue weighted by Crippen LogP contribution is 2.25. The molecule has 0 saturated carbocycles. The minimum absolute atomic E-state index is 0.282. The Morgan fingerprint density at radius 1 is 1.18 bits per heavy atom. The van der Waals surface area contributed by atoms with Crippen LogP contribution in [0, 0.1) is 5.82 Å². The lowest BCUT2D eigenvalue weighted by Crippen LogP contribution is -2.17. The maximum atomic E-state index is 13.4. The van der Waals surface area contributed by atoms with Gasteiger partial charge in [-0.1, -0.05) is 6.07 Å². The van der Waals surface area contributed by atoms with E-state index >= 15 is 0 Å². The van der Waals surface area contributed by atoms with Crippen molar-refractivity contribution in [2.24, 2.45) is 0 Å². The van der Waals surface area contributed by atoms with Crippen molar-refractivity contribution < 1.29 is 4.39 Å². The van der Waals surface area contributed by atoms with E-state index < -0.39 is 0 Å². The molecule has 0 amide bonds. The molecular formula is C20H17FN6O. The number of aryl methyl sites for hydroxylation is 1. The fraction of sp³-hybridized carbons (Fsp3) is 0.150. The van der Waals surface area contributed by atoms with Crippen LogP contribution in [0.2, 0.25) is 0 Å². The van der Waals surface area contributed by atoms with E-state index in [9.17, 15) is 9.18 Å². The molecule has 0 aliphatic carbocycles. The Labute approximate surface area is 159 Å². The van der Waals surface area contributed by atoms with E-state index in [1.165, 1.54) is 22.3 Å². The molecule has 8 heteroatoms. The van der Waals surface area contributed by atoms with Gasteiger partial charge < -0.3 is 15.6 Å². The average molecular weight is 376 g/mol. The van der Waals surface area contributed by atoms with Gasteiger partial charge in [0.2, 0.25) is 5.95 Å². The summed E-state index contributed by atoms with van der Waals surface area (Å²) < 4.78 is 14.9. The average Bonchev–Trinajstić information content (AvgIpc) is 3.03. The molecule has 28 heavy (non-hydrogen) atoms. The van der Waals surface area contributed by atoms with E-state index in [0.29, 0.717) is 16.9 Å². The molecule has 3 heterocycles. The minimum atomic E-state index is -0.354. The Bertz CT molecular complexity index is 1250. The number of fused-ring (bicyclic) bond motifs is 2. The zero-order chi connectivity index (χ0) is 19.1. The zero-order valence-electron chi connectivity index (χ0n) is 14.9. The first kappa shape index (κ1) is 16.5. The molecule has 0 atom stereocenters. The summed E-state index contributed by atoms with van der Waals surface area (Å²) in [7, 11) is 0. The van der Waals surface area contributed by atoms with E-state index in [1.807, 2.05) is 18.2 Å². The van der Waals surface area contributed by atoms with Gasteiger partial charge in [-0.05, 0) is 54.8 Å². The van der Waals surface area contributed by atoms with Crippen LogP contribution >= 0.6 is 0 Å². The minimum Gasteiger partial charge on any atom is -0.385 e. The molecule has 2 aromatic heterocycles. The normalized spacial score (nSPS) is 13.2. The molecule has 4 aromatic rings. The molecule has 5 rings (SSSR count). The standard InChI is InChI=1S/C20H17FN6O/c21-13-4-1-5-14(10-13)24-19-23-11-17-18(26-19)27(20(28)25-17)15-6-7-16-12(9-15)3-2-8-22-16/h1,4-7,9-11,22H,2-3,8H2,(H,25,28)(H,23,24,26). The van der Waals surface area contributed by atoms with Gasteiger partial charge in [-0.15, -0.1) is 0 Å². The Balaban J connectivity index is 1.59.